The Bertz CT molecular complexity index is 478. The molecule has 0 aliphatic carbocycles. The maximum Gasteiger partial charge on any atom is 0.232 e. The molecule has 4 nitrogen and oxygen atoms in total. The SMILES string of the molecule is O=S(=O)(CCCCO)Nc1ccc(Cl)cc1I. The van der Waals surface area contributed by atoms with Crippen molar-refractivity contribution in [2.75, 3.05) is 17.1 Å². The molecule has 7 heteroatoms. The first-order valence-corrected chi connectivity index (χ1v) is 8.12. The molecule has 0 unspecified atom stereocenters. The first-order valence-electron chi connectivity index (χ1n) is 5.01. The van der Waals surface area contributed by atoms with Crippen LogP contribution in [0.4, 0.5) is 5.69 Å². The van der Waals surface area contributed by atoms with Gasteiger partial charge in [-0.25, -0.2) is 8.42 Å². The molecule has 0 saturated carbocycles. The number of benzene rings is 1. The maximum atomic E-state index is 11.7. The van der Waals surface area contributed by atoms with E-state index in [0.29, 0.717) is 23.6 Å². The molecule has 0 spiro atoms. The summed E-state index contributed by atoms with van der Waals surface area (Å²) in [7, 11) is -3.35. The van der Waals surface area contributed by atoms with E-state index in [-0.39, 0.29) is 12.4 Å². The minimum absolute atomic E-state index is 0.00622. The summed E-state index contributed by atoms with van der Waals surface area (Å²) in [6, 6.07) is 4.96. The molecule has 0 atom stereocenters. The highest BCUT2D eigenvalue weighted by Crippen LogP contribution is 2.23. The summed E-state index contributed by atoms with van der Waals surface area (Å²) < 4.78 is 26.6. The molecular weight excluding hydrogens is 377 g/mol. The van der Waals surface area contributed by atoms with Crippen molar-refractivity contribution in [3.8, 4) is 0 Å². The van der Waals surface area contributed by atoms with E-state index in [0.717, 1.165) is 3.57 Å². The van der Waals surface area contributed by atoms with Gasteiger partial charge in [0.2, 0.25) is 10.0 Å². The Balaban J connectivity index is 2.69. The second kappa shape index (κ2) is 6.77. The lowest BCUT2D eigenvalue weighted by molar-refractivity contribution is 0.287. The van der Waals surface area contributed by atoms with Crippen LogP contribution in [0.1, 0.15) is 12.8 Å². The summed E-state index contributed by atoms with van der Waals surface area (Å²) in [5, 5.41) is 9.16. The number of anilines is 1. The molecule has 0 amide bonds. The Kier molecular flexibility index (Phi) is 5.98. The van der Waals surface area contributed by atoms with E-state index in [1.54, 1.807) is 18.2 Å². The van der Waals surface area contributed by atoms with Gasteiger partial charge in [0.25, 0.3) is 0 Å². The molecule has 17 heavy (non-hydrogen) atoms. The Morgan fingerprint density at radius 1 is 1.35 bits per heavy atom. The van der Waals surface area contributed by atoms with Gasteiger partial charge < -0.3 is 5.11 Å². The molecule has 1 aromatic carbocycles. The topological polar surface area (TPSA) is 66.4 Å². The first kappa shape index (κ1) is 15.0. The summed E-state index contributed by atoms with van der Waals surface area (Å²) in [6.07, 6.45) is 0.925. The van der Waals surface area contributed by atoms with Crippen LogP contribution in [-0.4, -0.2) is 25.9 Å². The van der Waals surface area contributed by atoms with Gasteiger partial charge in [-0.2, -0.15) is 0 Å². The Morgan fingerprint density at radius 3 is 2.65 bits per heavy atom. The second-order valence-corrected chi connectivity index (χ2v) is 6.92. The number of rotatable bonds is 6. The number of nitrogens with one attached hydrogen (secondary N) is 1. The Hall–Kier alpha value is -0.0500. The highest BCUT2D eigenvalue weighted by atomic mass is 127. The van der Waals surface area contributed by atoms with Crippen molar-refractivity contribution in [1.29, 1.82) is 0 Å². The van der Waals surface area contributed by atoms with Gasteiger partial charge in [0, 0.05) is 15.2 Å². The molecule has 0 aromatic heterocycles. The smallest absolute Gasteiger partial charge is 0.232 e. The summed E-state index contributed by atoms with van der Waals surface area (Å²) in [5.41, 5.74) is 0.527. The van der Waals surface area contributed by atoms with Gasteiger partial charge in [-0.3, -0.25) is 4.72 Å². The van der Waals surface area contributed by atoms with Crippen LogP contribution < -0.4 is 4.72 Å². The van der Waals surface area contributed by atoms with E-state index >= 15 is 0 Å². The van der Waals surface area contributed by atoms with E-state index in [4.69, 9.17) is 16.7 Å². The number of aliphatic hydroxyl groups excluding tert-OH is 1. The summed E-state index contributed by atoms with van der Waals surface area (Å²) in [4.78, 5) is 0. The monoisotopic (exact) mass is 389 g/mol. The highest BCUT2D eigenvalue weighted by molar-refractivity contribution is 14.1. The number of halogens is 2. The van der Waals surface area contributed by atoms with E-state index in [9.17, 15) is 8.42 Å². The average Bonchev–Trinajstić information content (AvgIpc) is 2.22. The predicted molar refractivity (Wildman–Crippen MR) is 77.9 cm³/mol. The van der Waals surface area contributed by atoms with Crippen LogP contribution in [0.5, 0.6) is 0 Å². The van der Waals surface area contributed by atoms with Crippen LogP contribution >= 0.6 is 34.2 Å². The van der Waals surface area contributed by atoms with Crippen LogP contribution in [0.25, 0.3) is 0 Å². The third-order valence-electron chi connectivity index (χ3n) is 2.02. The zero-order valence-corrected chi connectivity index (χ0v) is 12.7. The van der Waals surface area contributed by atoms with Gasteiger partial charge in [-0.1, -0.05) is 11.6 Å². The van der Waals surface area contributed by atoms with Crippen molar-refractivity contribution < 1.29 is 13.5 Å². The first-order chi connectivity index (χ1) is 7.94. The van der Waals surface area contributed by atoms with Crippen LogP contribution in [-0.2, 0) is 10.0 Å². The molecule has 2 N–H and O–H groups in total. The predicted octanol–water partition coefficient (Wildman–Crippen LogP) is 2.46. The van der Waals surface area contributed by atoms with E-state index in [1.807, 2.05) is 22.6 Å². The lowest BCUT2D eigenvalue weighted by Gasteiger charge is -2.09. The minimum Gasteiger partial charge on any atom is -0.396 e. The summed E-state index contributed by atoms with van der Waals surface area (Å²) >= 11 is 7.80. The number of sulfonamides is 1. The molecule has 96 valence electrons. The molecule has 1 rings (SSSR count). The minimum atomic E-state index is -3.35. The van der Waals surface area contributed by atoms with Crippen molar-refractivity contribution >= 4 is 49.9 Å². The third kappa shape index (κ3) is 5.41. The number of hydrogen-bond acceptors (Lipinski definition) is 3. The number of unbranched alkanes of at least 4 members (excludes halogenated alkanes) is 1. The van der Waals surface area contributed by atoms with Crippen LogP contribution in [0, 0.1) is 3.57 Å². The third-order valence-corrected chi connectivity index (χ3v) is 4.50. The molecule has 0 fully saturated rings. The normalized spacial score (nSPS) is 11.5. The van der Waals surface area contributed by atoms with Gasteiger partial charge in [-0.15, -0.1) is 0 Å². The van der Waals surface area contributed by atoms with Crippen molar-refractivity contribution in [3.63, 3.8) is 0 Å². The lowest BCUT2D eigenvalue weighted by atomic mass is 10.3. The Morgan fingerprint density at radius 2 is 2.06 bits per heavy atom. The van der Waals surface area contributed by atoms with Gasteiger partial charge >= 0.3 is 0 Å². The molecule has 0 bridgehead atoms. The van der Waals surface area contributed by atoms with Gasteiger partial charge in [0.15, 0.2) is 0 Å². The largest absolute Gasteiger partial charge is 0.396 e. The standard InChI is InChI=1S/C10H13ClINO3S/c11-8-3-4-10(9(12)7-8)13-17(15,16)6-2-1-5-14/h3-4,7,13-14H,1-2,5-6H2. The fourth-order valence-electron chi connectivity index (χ4n) is 1.19. The molecule has 0 saturated heterocycles. The van der Waals surface area contributed by atoms with E-state index in [2.05, 4.69) is 4.72 Å². The highest BCUT2D eigenvalue weighted by Gasteiger charge is 2.11. The fraction of sp³-hybridized carbons (Fsp3) is 0.400. The number of hydrogen-bond donors (Lipinski definition) is 2. The molecule has 0 aliphatic rings. The molecular formula is C10H13ClINO3S. The quantitative estimate of drug-likeness (QED) is 0.580. The van der Waals surface area contributed by atoms with Crippen LogP contribution in [0.3, 0.4) is 0 Å². The summed E-state index contributed by atoms with van der Waals surface area (Å²) in [5.74, 6) is 0.00622. The zero-order valence-electron chi connectivity index (χ0n) is 8.99. The fourth-order valence-corrected chi connectivity index (χ4v) is 3.58. The van der Waals surface area contributed by atoms with Gasteiger partial charge in [-0.05, 0) is 53.6 Å². The van der Waals surface area contributed by atoms with Crippen molar-refractivity contribution in [2.45, 2.75) is 12.8 Å². The maximum absolute atomic E-state index is 11.7. The molecule has 0 aliphatic heterocycles. The van der Waals surface area contributed by atoms with E-state index < -0.39 is 10.0 Å². The molecule has 0 radical (unpaired) electrons. The second-order valence-electron chi connectivity index (χ2n) is 3.48. The van der Waals surface area contributed by atoms with Gasteiger partial charge in [0.05, 0.1) is 11.4 Å². The Labute approximate surface area is 120 Å². The van der Waals surface area contributed by atoms with Crippen LogP contribution in [0.15, 0.2) is 18.2 Å². The molecule has 0 heterocycles. The zero-order chi connectivity index (χ0) is 12.9. The summed E-state index contributed by atoms with van der Waals surface area (Å²) in [6.45, 7) is 0.00794. The van der Waals surface area contributed by atoms with Crippen molar-refractivity contribution in [2.24, 2.45) is 0 Å². The average molecular weight is 390 g/mol. The van der Waals surface area contributed by atoms with Gasteiger partial charge in [0.1, 0.15) is 0 Å². The lowest BCUT2D eigenvalue weighted by Crippen LogP contribution is -2.17. The molecule has 1 aromatic rings. The number of aliphatic hydroxyl groups is 1. The van der Waals surface area contributed by atoms with Crippen molar-refractivity contribution in [1.82, 2.24) is 0 Å². The van der Waals surface area contributed by atoms with Crippen molar-refractivity contribution in [3.05, 3.63) is 26.8 Å². The van der Waals surface area contributed by atoms with E-state index in [1.165, 1.54) is 0 Å². The van der Waals surface area contributed by atoms with Crippen LogP contribution in [0.2, 0.25) is 5.02 Å².